The molecule has 1 amide bonds. The van der Waals surface area contributed by atoms with E-state index in [2.05, 4.69) is 12.2 Å². The number of amides is 1. The van der Waals surface area contributed by atoms with Gasteiger partial charge in [-0.3, -0.25) is 4.79 Å². The van der Waals surface area contributed by atoms with Gasteiger partial charge in [0.15, 0.2) is 0 Å². The van der Waals surface area contributed by atoms with Crippen LogP contribution in [-0.4, -0.2) is 37.5 Å². The van der Waals surface area contributed by atoms with Gasteiger partial charge < -0.3 is 10.2 Å². The van der Waals surface area contributed by atoms with Crippen molar-refractivity contribution in [2.24, 2.45) is 0 Å². The molecular formula is C16H25FN2O. The highest BCUT2D eigenvalue weighted by molar-refractivity contribution is 5.76. The van der Waals surface area contributed by atoms with Gasteiger partial charge in [0.25, 0.3) is 0 Å². The molecule has 0 atom stereocenters. The molecule has 0 heterocycles. The quantitative estimate of drug-likeness (QED) is 0.705. The van der Waals surface area contributed by atoms with E-state index in [1.807, 2.05) is 18.0 Å². The lowest BCUT2D eigenvalue weighted by Gasteiger charge is -2.22. The topological polar surface area (TPSA) is 32.3 Å². The molecule has 20 heavy (non-hydrogen) atoms. The first kappa shape index (κ1) is 16.6. The first-order valence-electron chi connectivity index (χ1n) is 7.34. The van der Waals surface area contributed by atoms with Gasteiger partial charge >= 0.3 is 0 Å². The lowest BCUT2D eigenvalue weighted by atomic mass is 10.1. The first-order valence-corrected chi connectivity index (χ1v) is 7.34. The fourth-order valence-electron chi connectivity index (χ4n) is 2.16. The summed E-state index contributed by atoms with van der Waals surface area (Å²) in [7, 11) is 1.89. The normalized spacial score (nSPS) is 10.6. The Balaban J connectivity index is 2.47. The minimum atomic E-state index is -0.218. The van der Waals surface area contributed by atoms with Gasteiger partial charge in [0.1, 0.15) is 5.82 Å². The van der Waals surface area contributed by atoms with E-state index in [0.29, 0.717) is 19.4 Å². The number of nitrogens with one attached hydrogen (secondary N) is 1. The highest BCUT2D eigenvalue weighted by Crippen LogP contribution is 2.07. The number of nitrogens with zero attached hydrogens (tertiary/aromatic N) is 1. The second kappa shape index (κ2) is 9.48. The molecule has 0 aromatic heterocycles. The minimum absolute atomic E-state index is 0.193. The van der Waals surface area contributed by atoms with E-state index >= 15 is 0 Å². The monoisotopic (exact) mass is 280 g/mol. The third-order valence-electron chi connectivity index (χ3n) is 3.22. The van der Waals surface area contributed by atoms with E-state index in [0.717, 1.165) is 31.5 Å². The zero-order chi connectivity index (χ0) is 14.8. The minimum Gasteiger partial charge on any atom is -0.342 e. The van der Waals surface area contributed by atoms with Crippen molar-refractivity contribution in [1.82, 2.24) is 10.2 Å². The zero-order valence-corrected chi connectivity index (χ0v) is 12.5. The van der Waals surface area contributed by atoms with E-state index < -0.39 is 0 Å². The van der Waals surface area contributed by atoms with Crippen LogP contribution in [0.1, 0.15) is 31.7 Å². The van der Waals surface area contributed by atoms with Crippen molar-refractivity contribution in [3.05, 3.63) is 35.6 Å². The molecule has 0 unspecified atom stereocenters. The Labute approximate surface area is 121 Å². The number of carbonyl (C=O) groups is 1. The second-order valence-corrected chi connectivity index (χ2v) is 4.97. The Bertz CT molecular complexity index is 409. The van der Waals surface area contributed by atoms with Crippen LogP contribution in [0.25, 0.3) is 0 Å². The molecule has 1 rings (SSSR count). The molecule has 0 bridgehead atoms. The molecular weight excluding hydrogens is 255 g/mol. The number of benzene rings is 1. The van der Waals surface area contributed by atoms with Gasteiger partial charge in [-0.1, -0.05) is 19.1 Å². The molecule has 112 valence electrons. The Kier molecular flexibility index (Phi) is 7.88. The lowest BCUT2D eigenvalue weighted by Crippen LogP contribution is -2.33. The van der Waals surface area contributed by atoms with Gasteiger partial charge in [-0.15, -0.1) is 0 Å². The molecule has 1 N–H and O–H groups in total. The van der Waals surface area contributed by atoms with Crippen molar-refractivity contribution >= 4 is 5.91 Å². The summed E-state index contributed by atoms with van der Waals surface area (Å²) >= 11 is 0. The maximum Gasteiger partial charge on any atom is 0.222 e. The maximum atomic E-state index is 13.1. The Morgan fingerprint density at radius 3 is 2.80 bits per heavy atom. The smallest absolute Gasteiger partial charge is 0.222 e. The fraction of sp³-hybridized carbons (Fsp3) is 0.562. The van der Waals surface area contributed by atoms with Gasteiger partial charge in [-0.05, 0) is 50.6 Å². The van der Waals surface area contributed by atoms with E-state index in [1.54, 1.807) is 6.07 Å². The molecule has 0 spiro atoms. The summed E-state index contributed by atoms with van der Waals surface area (Å²) in [5.74, 6) is -0.0246. The van der Waals surface area contributed by atoms with E-state index in [4.69, 9.17) is 0 Å². The van der Waals surface area contributed by atoms with Crippen LogP contribution in [0.15, 0.2) is 24.3 Å². The molecule has 0 aliphatic carbocycles. The molecule has 0 fully saturated rings. The fourth-order valence-corrected chi connectivity index (χ4v) is 2.16. The van der Waals surface area contributed by atoms with Crippen LogP contribution >= 0.6 is 0 Å². The lowest BCUT2D eigenvalue weighted by molar-refractivity contribution is -0.131. The molecule has 3 nitrogen and oxygen atoms in total. The van der Waals surface area contributed by atoms with Gasteiger partial charge in [0, 0.05) is 19.5 Å². The number of carbonyl (C=O) groups excluding carboxylic acids is 1. The molecule has 4 heteroatoms. The summed E-state index contributed by atoms with van der Waals surface area (Å²) in [4.78, 5) is 14.0. The predicted molar refractivity (Wildman–Crippen MR) is 80.1 cm³/mol. The third kappa shape index (κ3) is 6.15. The third-order valence-corrected chi connectivity index (χ3v) is 3.22. The number of hydrogen-bond donors (Lipinski definition) is 1. The van der Waals surface area contributed by atoms with Crippen LogP contribution in [0.3, 0.4) is 0 Å². The molecule has 0 aliphatic heterocycles. The molecule has 0 saturated carbocycles. The van der Waals surface area contributed by atoms with Gasteiger partial charge in [0.2, 0.25) is 5.91 Å². The summed E-state index contributed by atoms with van der Waals surface area (Å²) in [5, 5.41) is 3.05. The SMILES string of the molecule is CCCN(CCc1cccc(F)c1)C(=O)CCCNC. The average Bonchev–Trinajstić information content (AvgIpc) is 2.43. The largest absolute Gasteiger partial charge is 0.342 e. The van der Waals surface area contributed by atoms with Crippen molar-refractivity contribution in [3.63, 3.8) is 0 Å². The van der Waals surface area contributed by atoms with Crippen LogP contribution < -0.4 is 5.32 Å². The Hall–Kier alpha value is -1.42. The molecule has 0 radical (unpaired) electrons. The van der Waals surface area contributed by atoms with Crippen LogP contribution in [0, 0.1) is 5.82 Å². The number of hydrogen-bond acceptors (Lipinski definition) is 2. The maximum absolute atomic E-state index is 13.1. The summed E-state index contributed by atoms with van der Waals surface area (Å²) in [6.07, 6.45) is 3.08. The van der Waals surface area contributed by atoms with Crippen LogP contribution in [0.4, 0.5) is 4.39 Å². The summed E-state index contributed by atoms with van der Waals surface area (Å²) in [6, 6.07) is 6.59. The van der Waals surface area contributed by atoms with Crippen molar-refractivity contribution in [2.45, 2.75) is 32.6 Å². The van der Waals surface area contributed by atoms with E-state index in [-0.39, 0.29) is 11.7 Å². The molecule has 1 aromatic rings. The first-order chi connectivity index (χ1) is 9.67. The van der Waals surface area contributed by atoms with E-state index in [9.17, 15) is 9.18 Å². The second-order valence-electron chi connectivity index (χ2n) is 4.97. The predicted octanol–water partition coefficient (Wildman–Crippen LogP) is 2.61. The van der Waals surface area contributed by atoms with E-state index in [1.165, 1.54) is 12.1 Å². The molecule has 1 aromatic carbocycles. The number of rotatable bonds is 9. The van der Waals surface area contributed by atoms with Crippen LogP contribution in [0.5, 0.6) is 0 Å². The Morgan fingerprint density at radius 1 is 1.35 bits per heavy atom. The zero-order valence-electron chi connectivity index (χ0n) is 12.5. The highest BCUT2D eigenvalue weighted by atomic mass is 19.1. The summed E-state index contributed by atoms with van der Waals surface area (Å²) in [5.41, 5.74) is 0.939. The van der Waals surface area contributed by atoms with Crippen molar-refractivity contribution in [3.8, 4) is 0 Å². The molecule has 0 aliphatic rings. The average molecular weight is 280 g/mol. The van der Waals surface area contributed by atoms with Gasteiger partial charge in [-0.2, -0.15) is 0 Å². The summed E-state index contributed by atoms with van der Waals surface area (Å²) < 4.78 is 13.1. The van der Waals surface area contributed by atoms with Crippen molar-refractivity contribution in [2.75, 3.05) is 26.7 Å². The standard InChI is InChI=1S/C16H25FN2O/c1-3-11-19(16(20)8-5-10-18-2)12-9-14-6-4-7-15(17)13-14/h4,6-7,13,18H,3,5,8-12H2,1-2H3. The van der Waals surface area contributed by atoms with Gasteiger partial charge in [-0.25, -0.2) is 4.39 Å². The van der Waals surface area contributed by atoms with Crippen LogP contribution in [0.2, 0.25) is 0 Å². The van der Waals surface area contributed by atoms with Crippen molar-refractivity contribution < 1.29 is 9.18 Å². The summed E-state index contributed by atoms with van der Waals surface area (Å²) in [6.45, 7) is 4.36. The Morgan fingerprint density at radius 2 is 2.15 bits per heavy atom. The van der Waals surface area contributed by atoms with Crippen molar-refractivity contribution in [1.29, 1.82) is 0 Å². The van der Waals surface area contributed by atoms with Gasteiger partial charge in [0.05, 0.1) is 0 Å². The highest BCUT2D eigenvalue weighted by Gasteiger charge is 2.12. The number of halogens is 1. The van der Waals surface area contributed by atoms with Crippen LogP contribution in [-0.2, 0) is 11.2 Å². The molecule has 0 saturated heterocycles.